The zero-order valence-electron chi connectivity index (χ0n) is 12.9. The van der Waals surface area contributed by atoms with Crippen molar-refractivity contribution in [2.45, 2.75) is 13.1 Å². The maximum atomic E-state index is 12.1. The summed E-state index contributed by atoms with van der Waals surface area (Å²) in [6.45, 7) is -0.845. The van der Waals surface area contributed by atoms with Gasteiger partial charge in [-0.3, -0.25) is 4.79 Å². The molecule has 2 aromatic rings. The van der Waals surface area contributed by atoms with Crippen molar-refractivity contribution in [2.24, 2.45) is 0 Å². The highest BCUT2D eigenvalue weighted by Gasteiger charge is 2.28. The van der Waals surface area contributed by atoms with Gasteiger partial charge in [-0.05, 0) is 19.1 Å². The Morgan fingerprint density at radius 1 is 1.28 bits per heavy atom. The van der Waals surface area contributed by atoms with Gasteiger partial charge in [-0.1, -0.05) is 29.8 Å². The lowest BCUT2D eigenvalue weighted by Gasteiger charge is -2.08. The van der Waals surface area contributed by atoms with Gasteiger partial charge in [-0.15, -0.1) is 0 Å². The summed E-state index contributed by atoms with van der Waals surface area (Å²) in [5.74, 6) is -2.03. The molecule has 0 saturated carbocycles. The predicted octanol–water partition coefficient (Wildman–Crippen LogP) is 2.67. The van der Waals surface area contributed by atoms with Crippen LogP contribution in [0.25, 0.3) is 5.69 Å². The molecule has 0 aliphatic heterocycles. The molecule has 134 valence electrons. The number of hydrogen-bond donors (Lipinski definition) is 1. The van der Waals surface area contributed by atoms with Gasteiger partial charge in [0.2, 0.25) is 0 Å². The van der Waals surface area contributed by atoms with Crippen LogP contribution in [0.4, 0.5) is 13.2 Å². The van der Waals surface area contributed by atoms with Crippen molar-refractivity contribution in [3.63, 3.8) is 0 Å². The molecule has 25 heavy (non-hydrogen) atoms. The maximum Gasteiger partial charge on any atom is 0.405 e. The largest absolute Gasteiger partial charge is 0.452 e. The molecule has 1 N–H and O–H groups in total. The van der Waals surface area contributed by atoms with E-state index in [1.54, 1.807) is 35.6 Å². The standard InChI is InChI=1S/C15H13ClF3N3O3/c1-9-12(13(16)22(21-9)10-5-3-2-4-6-10)14(24)25-7-11(23)20-8-15(17,18)19/h2-6H,7-8H2,1H3,(H,20,23). The van der Waals surface area contributed by atoms with Crippen LogP contribution in [0.15, 0.2) is 30.3 Å². The highest BCUT2D eigenvalue weighted by Crippen LogP contribution is 2.24. The minimum atomic E-state index is -4.55. The first-order valence-electron chi connectivity index (χ1n) is 7.00. The second-order valence-electron chi connectivity index (χ2n) is 4.97. The fraction of sp³-hybridized carbons (Fsp3) is 0.267. The molecule has 6 nitrogen and oxygen atoms in total. The van der Waals surface area contributed by atoms with Gasteiger partial charge in [-0.2, -0.15) is 18.3 Å². The van der Waals surface area contributed by atoms with Crippen molar-refractivity contribution in [3.8, 4) is 5.69 Å². The Morgan fingerprint density at radius 3 is 2.52 bits per heavy atom. The van der Waals surface area contributed by atoms with Crippen molar-refractivity contribution >= 4 is 23.5 Å². The normalized spacial score (nSPS) is 11.2. The summed E-state index contributed by atoms with van der Waals surface area (Å²) in [6.07, 6.45) is -4.55. The van der Waals surface area contributed by atoms with Crippen LogP contribution in [-0.2, 0) is 9.53 Å². The summed E-state index contributed by atoms with van der Waals surface area (Å²) >= 11 is 6.15. The van der Waals surface area contributed by atoms with E-state index < -0.39 is 31.2 Å². The van der Waals surface area contributed by atoms with Gasteiger partial charge in [0, 0.05) is 0 Å². The minimum Gasteiger partial charge on any atom is -0.452 e. The molecule has 0 aliphatic carbocycles. The molecule has 1 heterocycles. The smallest absolute Gasteiger partial charge is 0.405 e. The third-order valence-corrected chi connectivity index (χ3v) is 3.38. The lowest BCUT2D eigenvalue weighted by molar-refractivity contribution is -0.140. The fourth-order valence-corrected chi connectivity index (χ4v) is 2.27. The van der Waals surface area contributed by atoms with Gasteiger partial charge < -0.3 is 10.1 Å². The van der Waals surface area contributed by atoms with Crippen molar-refractivity contribution in [1.82, 2.24) is 15.1 Å². The molecule has 2 rings (SSSR count). The Labute approximate surface area is 145 Å². The zero-order chi connectivity index (χ0) is 18.6. The molecule has 1 aromatic heterocycles. The zero-order valence-corrected chi connectivity index (χ0v) is 13.7. The van der Waals surface area contributed by atoms with E-state index in [9.17, 15) is 22.8 Å². The van der Waals surface area contributed by atoms with Gasteiger partial charge in [0.1, 0.15) is 17.3 Å². The third-order valence-electron chi connectivity index (χ3n) is 3.03. The van der Waals surface area contributed by atoms with E-state index in [-0.39, 0.29) is 16.4 Å². The number of benzene rings is 1. The number of alkyl halides is 3. The van der Waals surface area contributed by atoms with Crippen molar-refractivity contribution < 1.29 is 27.5 Å². The number of para-hydroxylation sites is 1. The molecule has 0 spiro atoms. The number of nitrogens with one attached hydrogen (secondary N) is 1. The van der Waals surface area contributed by atoms with E-state index in [1.165, 1.54) is 11.6 Å². The number of aromatic nitrogens is 2. The number of amides is 1. The second-order valence-corrected chi connectivity index (χ2v) is 5.32. The van der Waals surface area contributed by atoms with Crippen LogP contribution in [0.5, 0.6) is 0 Å². The highest BCUT2D eigenvalue weighted by atomic mass is 35.5. The Balaban J connectivity index is 2.05. The van der Waals surface area contributed by atoms with E-state index in [0.29, 0.717) is 5.69 Å². The summed E-state index contributed by atoms with van der Waals surface area (Å²) in [5, 5.41) is 5.70. The summed E-state index contributed by atoms with van der Waals surface area (Å²) in [4.78, 5) is 23.4. The van der Waals surface area contributed by atoms with E-state index in [4.69, 9.17) is 16.3 Å². The topological polar surface area (TPSA) is 73.2 Å². The van der Waals surface area contributed by atoms with Crippen LogP contribution < -0.4 is 5.32 Å². The SMILES string of the molecule is Cc1nn(-c2ccccc2)c(Cl)c1C(=O)OCC(=O)NCC(F)(F)F. The van der Waals surface area contributed by atoms with Crippen molar-refractivity contribution in [1.29, 1.82) is 0 Å². The average molecular weight is 376 g/mol. The Bertz CT molecular complexity index is 776. The van der Waals surface area contributed by atoms with Crippen molar-refractivity contribution in [3.05, 3.63) is 46.7 Å². The molecule has 1 amide bonds. The van der Waals surface area contributed by atoms with E-state index in [1.807, 2.05) is 0 Å². The quantitative estimate of drug-likeness (QED) is 0.815. The number of carbonyl (C=O) groups is 2. The van der Waals surface area contributed by atoms with Gasteiger partial charge >= 0.3 is 12.1 Å². The molecule has 0 unspecified atom stereocenters. The van der Waals surface area contributed by atoms with Crippen LogP contribution in [0.3, 0.4) is 0 Å². The van der Waals surface area contributed by atoms with E-state index in [2.05, 4.69) is 5.10 Å². The first kappa shape index (κ1) is 18.8. The number of hydrogen-bond acceptors (Lipinski definition) is 4. The first-order valence-corrected chi connectivity index (χ1v) is 7.38. The average Bonchev–Trinajstić information content (AvgIpc) is 2.85. The molecule has 0 bridgehead atoms. The lowest BCUT2D eigenvalue weighted by Crippen LogP contribution is -2.36. The van der Waals surface area contributed by atoms with Gasteiger partial charge in [0.25, 0.3) is 5.91 Å². The third kappa shape index (κ3) is 4.96. The molecule has 0 atom stereocenters. The molecular weight excluding hydrogens is 363 g/mol. The van der Waals surface area contributed by atoms with Gasteiger partial charge in [-0.25, -0.2) is 9.48 Å². The summed E-state index contributed by atoms with van der Waals surface area (Å²) in [7, 11) is 0. The molecule has 0 radical (unpaired) electrons. The number of ether oxygens (including phenoxy) is 1. The van der Waals surface area contributed by atoms with E-state index in [0.717, 1.165) is 0 Å². The van der Waals surface area contributed by atoms with Crippen molar-refractivity contribution in [2.75, 3.05) is 13.2 Å². The molecule has 0 fully saturated rings. The highest BCUT2D eigenvalue weighted by molar-refractivity contribution is 6.33. The minimum absolute atomic E-state index is 0.0237. The summed E-state index contributed by atoms with van der Waals surface area (Å²) in [6, 6.07) is 8.75. The Morgan fingerprint density at radius 2 is 1.92 bits per heavy atom. The van der Waals surface area contributed by atoms with Crippen LogP contribution in [0.1, 0.15) is 16.1 Å². The molecular formula is C15H13ClF3N3O3. The number of rotatable bonds is 5. The molecule has 10 heteroatoms. The number of aryl methyl sites for hydroxylation is 1. The number of esters is 1. The Kier molecular flexibility index (Phi) is 5.68. The fourth-order valence-electron chi connectivity index (χ4n) is 1.92. The second kappa shape index (κ2) is 7.56. The number of halogens is 4. The van der Waals surface area contributed by atoms with Crippen LogP contribution in [0, 0.1) is 6.92 Å². The monoisotopic (exact) mass is 375 g/mol. The molecule has 1 aromatic carbocycles. The van der Waals surface area contributed by atoms with E-state index >= 15 is 0 Å². The van der Waals surface area contributed by atoms with Gasteiger partial charge in [0.05, 0.1) is 11.4 Å². The molecule has 0 saturated heterocycles. The first-order chi connectivity index (χ1) is 11.7. The lowest BCUT2D eigenvalue weighted by atomic mass is 10.2. The molecule has 0 aliphatic rings. The van der Waals surface area contributed by atoms with Crippen LogP contribution in [-0.4, -0.2) is 41.0 Å². The number of carbonyl (C=O) groups excluding carboxylic acids is 2. The van der Waals surface area contributed by atoms with Crippen LogP contribution in [0.2, 0.25) is 5.15 Å². The van der Waals surface area contributed by atoms with Gasteiger partial charge in [0.15, 0.2) is 6.61 Å². The predicted molar refractivity (Wildman–Crippen MR) is 82.7 cm³/mol. The number of nitrogens with zero attached hydrogens (tertiary/aromatic N) is 2. The summed E-state index contributed by atoms with van der Waals surface area (Å²) < 4.78 is 42.0. The summed E-state index contributed by atoms with van der Waals surface area (Å²) in [5.41, 5.74) is 0.807. The van der Waals surface area contributed by atoms with Crippen LogP contribution >= 0.6 is 11.6 Å². The maximum absolute atomic E-state index is 12.1. The Hall–Kier alpha value is -2.55.